The zero-order chi connectivity index (χ0) is 13.1. The Morgan fingerprint density at radius 2 is 1.89 bits per heavy atom. The van der Waals surface area contributed by atoms with E-state index in [9.17, 15) is 0 Å². The van der Waals surface area contributed by atoms with Crippen molar-refractivity contribution in [2.24, 2.45) is 0 Å². The molecule has 0 aromatic rings. The minimum Gasteiger partial charge on any atom is -0.496 e. The molecule has 1 aliphatic rings. The van der Waals surface area contributed by atoms with Gasteiger partial charge in [0.25, 0.3) is 0 Å². The van der Waals surface area contributed by atoms with Crippen LogP contribution in [0.15, 0.2) is 11.8 Å². The van der Waals surface area contributed by atoms with Gasteiger partial charge in [-0.3, -0.25) is 0 Å². The van der Waals surface area contributed by atoms with Gasteiger partial charge in [0.05, 0.1) is 11.9 Å². The Bertz CT molecular complexity index is 223. The van der Waals surface area contributed by atoms with Crippen LogP contribution in [0, 0.1) is 0 Å². The van der Waals surface area contributed by atoms with E-state index in [0.29, 0.717) is 13.2 Å². The van der Waals surface area contributed by atoms with Crippen molar-refractivity contribution in [3.8, 4) is 0 Å². The predicted octanol–water partition coefficient (Wildman–Crippen LogP) is 3.46. The summed E-state index contributed by atoms with van der Waals surface area (Å²) in [6, 6.07) is 0. The average molecular weight is 260 g/mol. The summed E-state index contributed by atoms with van der Waals surface area (Å²) in [5.41, 5.74) is 0. The Labute approximate surface area is 109 Å². The van der Waals surface area contributed by atoms with Gasteiger partial charge in [-0.25, -0.2) is 9.78 Å². The van der Waals surface area contributed by atoms with Crippen LogP contribution >= 0.6 is 0 Å². The summed E-state index contributed by atoms with van der Waals surface area (Å²) >= 11 is 0. The van der Waals surface area contributed by atoms with Crippen molar-refractivity contribution >= 4 is 0 Å². The van der Waals surface area contributed by atoms with Crippen LogP contribution in [0.3, 0.4) is 0 Å². The number of hydrogen-bond acceptors (Lipinski definition) is 5. The van der Waals surface area contributed by atoms with Crippen molar-refractivity contribution in [3.05, 3.63) is 11.8 Å². The van der Waals surface area contributed by atoms with Gasteiger partial charge in [-0.2, -0.15) is 0 Å². The molecule has 0 radical (unpaired) electrons. The maximum atomic E-state index is 5.40. The molecular formula is C13H24O5. The van der Waals surface area contributed by atoms with Gasteiger partial charge in [-0.1, -0.05) is 26.2 Å². The summed E-state index contributed by atoms with van der Waals surface area (Å²) in [5, 5.41) is 9.00. The number of ether oxygens (including phenoxy) is 1. The number of allylic oxidation sites excluding steroid dienone is 2. The highest BCUT2D eigenvalue weighted by atomic mass is 17.7. The van der Waals surface area contributed by atoms with E-state index in [0.717, 1.165) is 25.0 Å². The lowest BCUT2D eigenvalue weighted by Gasteiger charge is -2.18. The largest absolute Gasteiger partial charge is 0.496 e. The first-order valence-electron chi connectivity index (χ1n) is 6.76. The normalized spacial score (nSPS) is 18.0. The first-order valence-corrected chi connectivity index (χ1v) is 6.76. The molecule has 0 spiro atoms. The van der Waals surface area contributed by atoms with Crippen LogP contribution < -0.4 is 0 Å². The van der Waals surface area contributed by atoms with Gasteiger partial charge in [0.2, 0.25) is 0 Å². The van der Waals surface area contributed by atoms with Crippen molar-refractivity contribution in [1.29, 1.82) is 0 Å². The lowest BCUT2D eigenvalue weighted by atomic mass is 9.98. The first kappa shape index (κ1) is 15.4. The van der Waals surface area contributed by atoms with E-state index in [2.05, 4.69) is 10.1 Å². The molecule has 0 bridgehead atoms. The molecule has 5 nitrogen and oxygen atoms in total. The number of hydrogen-bond donors (Lipinski definition) is 0. The molecule has 1 aliphatic carbocycles. The van der Waals surface area contributed by atoms with Crippen LogP contribution in [0.4, 0.5) is 0 Å². The fourth-order valence-electron chi connectivity index (χ4n) is 1.88. The van der Waals surface area contributed by atoms with Crippen molar-refractivity contribution in [2.45, 2.75) is 58.5 Å². The molecule has 0 aromatic heterocycles. The summed E-state index contributed by atoms with van der Waals surface area (Å²) in [6.45, 7) is 4.71. The Morgan fingerprint density at radius 3 is 2.56 bits per heavy atom. The molecular weight excluding hydrogens is 236 g/mol. The molecule has 1 fully saturated rings. The fourth-order valence-corrected chi connectivity index (χ4v) is 1.88. The first-order chi connectivity index (χ1) is 8.86. The average Bonchev–Trinajstić information content (AvgIpc) is 2.43. The Balaban J connectivity index is 1.86. The topological polar surface area (TPSA) is 46.2 Å². The predicted molar refractivity (Wildman–Crippen MR) is 66.1 cm³/mol. The lowest BCUT2D eigenvalue weighted by Crippen LogP contribution is -2.17. The van der Waals surface area contributed by atoms with Crippen LogP contribution in [0.2, 0.25) is 0 Å². The molecule has 0 heterocycles. The van der Waals surface area contributed by atoms with Gasteiger partial charge < -0.3 is 4.74 Å². The summed E-state index contributed by atoms with van der Waals surface area (Å²) in [6.07, 6.45) is 8.63. The SMILES string of the molecule is CC=C(CC)OCCOOOOC1CCCCC1. The molecule has 0 aliphatic heterocycles. The second-order valence-electron chi connectivity index (χ2n) is 4.27. The zero-order valence-corrected chi connectivity index (χ0v) is 11.4. The minimum absolute atomic E-state index is 0.133. The monoisotopic (exact) mass is 260 g/mol. The van der Waals surface area contributed by atoms with Crippen molar-refractivity contribution < 1.29 is 24.6 Å². The molecule has 0 atom stereocenters. The molecule has 106 valence electrons. The van der Waals surface area contributed by atoms with Crippen LogP contribution in [0.1, 0.15) is 52.4 Å². The van der Waals surface area contributed by atoms with Gasteiger partial charge in [0, 0.05) is 6.42 Å². The summed E-state index contributed by atoms with van der Waals surface area (Å²) < 4.78 is 5.40. The van der Waals surface area contributed by atoms with Crippen LogP contribution in [-0.2, 0) is 24.6 Å². The van der Waals surface area contributed by atoms with Gasteiger partial charge in [-0.15, -0.1) is 0 Å². The third-order valence-electron chi connectivity index (χ3n) is 2.93. The van der Waals surface area contributed by atoms with Gasteiger partial charge in [-0.05, 0) is 35.9 Å². The molecule has 0 aromatic carbocycles. The molecule has 1 rings (SSSR count). The van der Waals surface area contributed by atoms with Gasteiger partial charge in [0.1, 0.15) is 13.2 Å². The van der Waals surface area contributed by atoms with Crippen molar-refractivity contribution in [2.75, 3.05) is 13.2 Å². The molecule has 5 heteroatoms. The Morgan fingerprint density at radius 1 is 1.11 bits per heavy atom. The second-order valence-corrected chi connectivity index (χ2v) is 4.27. The van der Waals surface area contributed by atoms with E-state index in [1.807, 2.05) is 19.9 Å². The third kappa shape index (κ3) is 6.96. The van der Waals surface area contributed by atoms with E-state index in [4.69, 9.17) is 14.5 Å². The van der Waals surface area contributed by atoms with E-state index in [1.165, 1.54) is 19.3 Å². The summed E-state index contributed by atoms with van der Waals surface area (Å²) in [5.74, 6) is 0.943. The van der Waals surface area contributed by atoms with Crippen LogP contribution in [0.5, 0.6) is 0 Å². The third-order valence-corrected chi connectivity index (χ3v) is 2.93. The quantitative estimate of drug-likeness (QED) is 0.275. The lowest BCUT2D eigenvalue weighted by molar-refractivity contribution is -0.642. The zero-order valence-electron chi connectivity index (χ0n) is 11.4. The Kier molecular flexibility index (Phi) is 8.85. The Hall–Kier alpha value is -0.620. The van der Waals surface area contributed by atoms with E-state index in [-0.39, 0.29) is 6.10 Å². The molecule has 1 saturated carbocycles. The van der Waals surface area contributed by atoms with Crippen molar-refractivity contribution in [1.82, 2.24) is 0 Å². The number of rotatable bonds is 9. The maximum absolute atomic E-state index is 5.40. The summed E-state index contributed by atoms with van der Waals surface area (Å²) in [7, 11) is 0. The molecule has 0 N–H and O–H groups in total. The van der Waals surface area contributed by atoms with E-state index < -0.39 is 0 Å². The molecule has 0 saturated heterocycles. The molecule has 0 unspecified atom stereocenters. The van der Waals surface area contributed by atoms with E-state index in [1.54, 1.807) is 0 Å². The van der Waals surface area contributed by atoms with Crippen molar-refractivity contribution in [3.63, 3.8) is 0 Å². The highest BCUT2D eigenvalue weighted by Gasteiger charge is 2.15. The van der Waals surface area contributed by atoms with Crippen LogP contribution in [-0.4, -0.2) is 19.3 Å². The highest BCUT2D eigenvalue weighted by molar-refractivity contribution is 4.88. The van der Waals surface area contributed by atoms with E-state index >= 15 is 0 Å². The van der Waals surface area contributed by atoms with Gasteiger partial charge >= 0.3 is 0 Å². The molecule has 0 amide bonds. The molecule has 18 heavy (non-hydrogen) atoms. The summed E-state index contributed by atoms with van der Waals surface area (Å²) in [4.78, 5) is 9.82. The second kappa shape index (κ2) is 10.3. The fraction of sp³-hybridized carbons (Fsp3) is 0.846. The smallest absolute Gasteiger partial charge is 0.119 e. The maximum Gasteiger partial charge on any atom is 0.119 e. The highest BCUT2D eigenvalue weighted by Crippen LogP contribution is 2.20. The minimum atomic E-state index is 0.133. The van der Waals surface area contributed by atoms with Crippen LogP contribution in [0.25, 0.3) is 0 Å². The standard InChI is InChI=1S/C13H24O5/c1-3-12(4-2)14-10-11-15-17-18-16-13-8-6-5-7-9-13/h3,13H,4-11H2,1-2H3. The van der Waals surface area contributed by atoms with Gasteiger partial charge in [0.15, 0.2) is 0 Å².